The van der Waals surface area contributed by atoms with Crippen LogP contribution in [-0.2, 0) is 0 Å². The Kier molecular flexibility index (Phi) is 3.61. The van der Waals surface area contributed by atoms with Crippen LogP contribution in [0.5, 0.6) is 0 Å². The fourth-order valence-electron chi connectivity index (χ4n) is 1.78. The van der Waals surface area contributed by atoms with Crippen LogP contribution in [-0.4, -0.2) is 37.4 Å². The molecule has 0 aliphatic carbocycles. The van der Waals surface area contributed by atoms with Gasteiger partial charge in [0.25, 0.3) is 0 Å². The molecule has 1 atom stereocenters. The molecule has 0 spiro atoms. The summed E-state index contributed by atoms with van der Waals surface area (Å²) in [5, 5.41) is 12.9. The van der Waals surface area contributed by atoms with Crippen molar-refractivity contribution < 1.29 is 5.11 Å². The van der Waals surface area contributed by atoms with Gasteiger partial charge in [-0.25, -0.2) is 0 Å². The lowest BCUT2D eigenvalue weighted by atomic mass is 10.2. The molecule has 0 bridgehead atoms. The van der Waals surface area contributed by atoms with Crippen molar-refractivity contribution in [2.24, 2.45) is 0 Å². The molecule has 1 unspecified atom stereocenters. The van der Waals surface area contributed by atoms with E-state index in [4.69, 9.17) is 0 Å². The zero-order valence-electron chi connectivity index (χ0n) is 8.49. The summed E-state index contributed by atoms with van der Waals surface area (Å²) in [6.07, 6.45) is -0.281. The van der Waals surface area contributed by atoms with E-state index in [1.54, 1.807) is 0 Å². The minimum absolute atomic E-state index is 0.281. The highest BCUT2D eigenvalue weighted by Crippen LogP contribution is 2.18. The standard InChI is InChI=1S/C11H15BrN2O/c12-9-1-3-10(4-2-9)14-6-5-13-7-11(15)8-14/h1-4,11,13,15H,5-8H2. The van der Waals surface area contributed by atoms with Gasteiger partial charge in [-0.15, -0.1) is 0 Å². The topological polar surface area (TPSA) is 35.5 Å². The molecule has 1 aliphatic heterocycles. The molecule has 2 rings (SSSR count). The van der Waals surface area contributed by atoms with Crippen molar-refractivity contribution in [2.45, 2.75) is 6.10 Å². The second-order valence-corrected chi connectivity index (χ2v) is 4.70. The van der Waals surface area contributed by atoms with Crippen molar-refractivity contribution in [2.75, 3.05) is 31.1 Å². The molecule has 1 saturated heterocycles. The second kappa shape index (κ2) is 4.96. The molecule has 2 N–H and O–H groups in total. The van der Waals surface area contributed by atoms with Gasteiger partial charge in [-0.05, 0) is 24.3 Å². The van der Waals surface area contributed by atoms with Crippen molar-refractivity contribution >= 4 is 21.6 Å². The first-order valence-electron chi connectivity index (χ1n) is 5.15. The highest BCUT2D eigenvalue weighted by molar-refractivity contribution is 9.10. The number of aliphatic hydroxyl groups excluding tert-OH is 1. The lowest BCUT2D eigenvalue weighted by Crippen LogP contribution is -2.32. The third-order valence-electron chi connectivity index (χ3n) is 2.56. The average Bonchev–Trinajstić information content (AvgIpc) is 2.44. The Hall–Kier alpha value is -0.580. The number of benzene rings is 1. The number of nitrogens with zero attached hydrogens (tertiary/aromatic N) is 1. The highest BCUT2D eigenvalue weighted by Gasteiger charge is 2.15. The zero-order valence-corrected chi connectivity index (χ0v) is 10.1. The summed E-state index contributed by atoms with van der Waals surface area (Å²) < 4.78 is 1.08. The molecule has 0 radical (unpaired) electrons. The number of hydrogen-bond acceptors (Lipinski definition) is 3. The predicted octanol–water partition coefficient (Wildman–Crippen LogP) is 1.22. The van der Waals surface area contributed by atoms with E-state index in [-0.39, 0.29) is 6.10 Å². The van der Waals surface area contributed by atoms with Gasteiger partial charge in [-0.3, -0.25) is 0 Å². The largest absolute Gasteiger partial charge is 0.390 e. The maximum Gasteiger partial charge on any atom is 0.0839 e. The maximum absolute atomic E-state index is 9.66. The second-order valence-electron chi connectivity index (χ2n) is 3.78. The first kappa shape index (κ1) is 10.9. The van der Waals surface area contributed by atoms with Gasteiger partial charge in [0.2, 0.25) is 0 Å². The number of hydrogen-bond donors (Lipinski definition) is 2. The van der Waals surface area contributed by atoms with Crippen LogP contribution in [0.4, 0.5) is 5.69 Å². The molecule has 1 aromatic rings. The Morgan fingerprint density at radius 2 is 2.07 bits per heavy atom. The van der Waals surface area contributed by atoms with E-state index < -0.39 is 0 Å². The minimum Gasteiger partial charge on any atom is -0.390 e. The quantitative estimate of drug-likeness (QED) is 0.806. The molecular formula is C11H15BrN2O. The van der Waals surface area contributed by atoms with E-state index in [9.17, 15) is 5.11 Å². The van der Waals surface area contributed by atoms with Crippen molar-refractivity contribution in [3.8, 4) is 0 Å². The van der Waals surface area contributed by atoms with Crippen LogP contribution in [0.2, 0.25) is 0 Å². The smallest absolute Gasteiger partial charge is 0.0839 e. The molecule has 1 aromatic carbocycles. The number of aliphatic hydroxyl groups is 1. The Morgan fingerprint density at radius 3 is 2.80 bits per heavy atom. The highest BCUT2D eigenvalue weighted by atomic mass is 79.9. The van der Waals surface area contributed by atoms with Crippen LogP contribution in [0.15, 0.2) is 28.7 Å². The Bertz CT molecular complexity index is 315. The third kappa shape index (κ3) is 2.93. The normalized spacial score (nSPS) is 22.5. The van der Waals surface area contributed by atoms with E-state index in [2.05, 4.69) is 38.3 Å². The van der Waals surface area contributed by atoms with Crippen LogP contribution >= 0.6 is 15.9 Å². The lowest BCUT2D eigenvalue weighted by Gasteiger charge is -2.23. The molecule has 4 heteroatoms. The molecule has 0 saturated carbocycles. The monoisotopic (exact) mass is 270 g/mol. The van der Waals surface area contributed by atoms with Crippen LogP contribution < -0.4 is 10.2 Å². The molecule has 1 fully saturated rings. The first-order chi connectivity index (χ1) is 7.25. The fourth-order valence-corrected chi connectivity index (χ4v) is 2.04. The van der Waals surface area contributed by atoms with Gasteiger partial charge in [0.1, 0.15) is 0 Å². The van der Waals surface area contributed by atoms with Gasteiger partial charge < -0.3 is 15.3 Å². The van der Waals surface area contributed by atoms with Gasteiger partial charge in [0, 0.05) is 36.3 Å². The molecule has 3 nitrogen and oxygen atoms in total. The number of rotatable bonds is 1. The number of β-amino-alcohol motifs (C(OH)–C–C–N with tert-alkyl or cyclic N) is 1. The fraction of sp³-hybridized carbons (Fsp3) is 0.455. The van der Waals surface area contributed by atoms with Gasteiger partial charge in [-0.1, -0.05) is 15.9 Å². The summed E-state index contributed by atoms with van der Waals surface area (Å²) >= 11 is 3.42. The van der Waals surface area contributed by atoms with Crippen molar-refractivity contribution in [1.29, 1.82) is 0 Å². The molecule has 15 heavy (non-hydrogen) atoms. The van der Waals surface area contributed by atoms with E-state index in [1.165, 1.54) is 5.69 Å². The molecule has 0 amide bonds. The number of nitrogens with one attached hydrogen (secondary N) is 1. The van der Waals surface area contributed by atoms with E-state index in [0.29, 0.717) is 13.1 Å². The number of halogens is 1. The van der Waals surface area contributed by atoms with E-state index >= 15 is 0 Å². The van der Waals surface area contributed by atoms with Crippen molar-refractivity contribution in [3.63, 3.8) is 0 Å². The first-order valence-corrected chi connectivity index (χ1v) is 5.94. The van der Waals surface area contributed by atoms with Gasteiger partial charge in [-0.2, -0.15) is 0 Å². The summed E-state index contributed by atoms with van der Waals surface area (Å²) in [5.41, 5.74) is 1.17. The summed E-state index contributed by atoms with van der Waals surface area (Å²) in [5.74, 6) is 0. The lowest BCUT2D eigenvalue weighted by molar-refractivity contribution is 0.185. The molecular weight excluding hydrogens is 256 g/mol. The zero-order chi connectivity index (χ0) is 10.7. The molecule has 1 heterocycles. The van der Waals surface area contributed by atoms with Crippen molar-refractivity contribution in [3.05, 3.63) is 28.7 Å². The molecule has 1 aliphatic rings. The average molecular weight is 271 g/mol. The third-order valence-corrected chi connectivity index (χ3v) is 3.09. The summed E-state index contributed by atoms with van der Waals surface area (Å²) in [6, 6.07) is 8.20. The minimum atomic E-state index is -0.281. The maximum atomic E-state index is 9.66. The van der Waals surface area contributed by atoms with E-state index in [1.807, 2.05) is 12.1 Å². The predicted molar refractivity (Wildman–Crippen MR) is 65.2 cm³/mol. The molecule has 82 valence electrons. The van der Waals surface area contributed by atoms with Gasteiger partial charge >= 0.3 is 0 Å². The van der Waals surface area contributed by atoms with Crippen LogP contribution in [0.3, 0.4) is 0 Å². The summed E-state index contributed by atoms with van der Waals surface area (Å²) in [7, 11) is 0. The SMILES string of the molecule is OC1CNCCN(c2ccc(Br)cc2)C1. The Morgan fingerprint density at radius 1 is 1.33 bits per heavy atom. The molecule has 0 aromatic heterocycles. The van der Waals surface area contributed by atoms with Gasteiger partial charge in [0.05, 0.1) is 6.10 Å². The summed E-state index contributed by atoms with van der Waals surface area (Å²) in [6.45, 7) is 3.26. The summed E-state index contributed by atoms with van der Waals surface area (Å²) in [4.78, 5) is 2.21. The van der Waals surface area contributed by atoms with Crippen LogP contribution in [0.1, 0.15) is 0 Å². The number of anilines is 1. The van der Waals surface area contributed by atoms with Crippen LogP contribution in [0, 0.1) is 0 Å². The van der Waals surface area contributed by atoms with Crippen molar-refractivity contribution in [1.82, 2.24) is 5.32 Å². The van der Waals surface area contributed by atoms with E-state index in [0.717, 1.165) is 17.6 Å². The Labute approximate surface area is 98.2 Å². The van der Waals surface area contributed by atoms with Gasteiger partial charge in [0.15, 0.2) is 0 Å². The van der Waals surface area contributed by atoms with Crippen LogP contribution in [0.25, 0.3) is 0 Å². The Balaban J connectivity index is 2.11.